The van der Waals surface area contributed by atoms with Crippen LogP contribution in [0.15, 0.2) is 0 Å². The van der Waals surface area contributed by atoms with Crippen LogP contribution >= 0.6 is 0 Å². The SMILES string of the molecule is CC.CC(C)(C)OC(=O)N1CCN(CCO)CC1. The Morgan fingerprint density at radius 3 is 2.06 bits per heavy atom. The van der Waals surface area contributed by atoms with Gasteiger partial charge in [0.15, 0.2) is 0 Å². The highest BCUT2D eigenvalue weighted by molar-refractivity contribution is 5.68. The summed E-state index contributed by atoms with van der Waals surface area (Å²) in [7, 11) is 0. The minimum Gasteiger partial charge on any atom is -0.444 e. The summed E-state index contributed by atoms with van der Waals surface area (Å²) in [5.41, 5.74) is -0.431. The third-order valence-corrected chi connectivity index (χ3v) is 2.44. The van der Waals surface area contributed by atoms with Gasteiger partial charge in [-0.25, -0.2) is 4.79 Å². The average Bonchev–Trinajstić information content (AvgIpc) is 2.31. The lowest BCUT2D eigenvalue weighted by molar-refractivity contribution is 0.0134. The number of carbonyl (C=O) groups is 1. The molecule has 0 bridgehead atoms. The van der Waals surface area contributed by atoms with Gasteiger partial charge in [0.05, 0.1) is 6.61 Å². The van der Waals surface area contributed by atoms with Crippen LogP contribution in [-0.2, 0) is 4.74 Å². The van der Waals surface area contributed by atoms with E-state index in [4.69, 9.17) is 9.84 Å². The second kappa shape index (κ2) is 8.32. The van der Waals surface area contributed by atoms with Gasteiger partial charge in [-0.3, -0.25) is 4.90 Å². The molecule has 1 fully saturated rings. The molecule has 1 heterocycles. The molecule has 1 N–H and O–H groups in total. The fraction of sp³-hybridized carbons (Fsp3) is 0.923. The molecule has 0 unspecified atom stereocenters. The molecule has 1 aliphatic heterocycles. The van der Waals surface area contributed by atoms with Crippen molar-refractivity contribution in [3.05, 3.63) is 0 Å². The molecule has 0 aromatic rings. The van der Waals surface area contributed by atoms with Gasteiger partial charge in [0.2, 0.25) is 0 Å². The van der Waals surface area contributed by atoms with E-state index in [9.17, 15) is 4.79 Å². The van der Waals surface area contributed by atoms with E-state index in [-0.39, 0.29) is 12.7 Å². The molecule has 1 saturated heterocycles. The molecule has 1 amide bonds. The Bertz CT molecular complexity index is 231. The molecule has 0 atom stereocenters. The maximum absolute atomic E-state index is 11.7. The molecular weight excluding hydrogens is 232 g/mol. The number of hydrogen-bond acceptors (Lipinski definition) is 4. The number of hydrogen-bond donors (Lipinski definition) is 1. The zero-order chi connectivity index (χ0) is 14.2. The van der Waals surface area contributed by atoms with Crippen LogP contribution in [0, 0.1) is 0 Å². The standard InChI is InChI=1S/C11H22N2O3.C2H6/c1-11(2,3)16-10(15)13-6-4-12(5-7-13)8-9-14;1-2/h14H,4-9H2,1-3H3;1-2H3. The Labute approximate surface area is 111 Å². The normalized spacial score (nSPS) is 16.9. The van der Waals surface area contributed by atoms with Crippen LogP contribution in [0.1, 0.15) is 34.6 Å². The summed E-state index contributed by atoms with van der Waals surface area (Å²) in [6.07, 6.45) is -0.240. The van der Waals surface area contributed by atoms with Gasteiger partial charge in [0, 0.05) is 32.7 Å². The van der Waals surface area contributed by atoms with Gasteiger partial charge in [-0.2, -0.15) is 0 Å². The lowest BCUT2D eigenvalue weighted by Gasteiger charge is -2.35. The van der Waals surface area contributed by atoms with E-state index in [2.05, 4.69) is 4.90 Å². The van der Waals surface area contributed by atoms with E-state index in [1.54, 1.807) is 4.90 Å². The smallest absolute Gasteiger partial charge is 0.410 e. The zero-order valence-electron chi connectivity index (χ0n) is 12.4. The Kier molecular flexibility index (Phi) is 7.95. The Hall–Kier alpha value is -0.810. The summed E-state index contributed by atoms with van der Waals surface area (Å²) < 4.78 is 5.29. The lowest BCUT2D eigenvalue weighted by atomic mass is 10.2. The molecule has 18 heavy (non-hydrogen) atoms. The van der Waals surface area contributed by atoms with Crippen LogP contribution in [0.3, 0.4) is 0 Å². The first-order chi connectivity index (χ1) is 8.42. The largest absolute Gasteiger partial charge is 0.444 e. The van der Waals surface area contributed by atoms with Crippen molar-refractivity contribution < 1.29 is 14.6 Å². The second-order valence-electron chi connectivity index (χ2n) is 5.03. The van der Waals surface area contributed by atoms with Crippen molar-refractivity contribution >= 4 is 6.09 Å². The maximum atomic E-state index is 11.7. The summed E-state index contributed by atoms with van der Waals surface area (Å²) in [5.74, 6) is 0. The number of piperazine rings is 1. The number of β-amino-alcohol motifs (C(OH)–C–C–N with tert-alkyl or cyclic N) is 1. The quantitative estimate of drug-likeness (QED) is 0.818. The van der Waals surface area contributed by atoms with Crippen LogP contribution < -0.4 is 0 Å². The summed E-state index contributed by atoms with van der Waals surface area (Å²) in [5, 5.41) is 8.80. The maximum Gasteiger partial charge on any atom is 0.410 e. The topological polar surface area (TPSA) is 53.0 Å². The molecule has 0 aliphatic carbocycles. The Balaban J connectivity index is 0.00000137. The van der Waals surface area contributed by atoms with Crippen LogP contribution in [0.2, 0.25) is 0 Å². The highest BCUT2D eigenvalue weighted by Crippen LogP contribution is 2.11. The first-order valence-electron chi connectivity index (χ1n) is 6.73. The number of nitrogens with zero attached hydrogens (tertiary/aromatic N) is 2. The van der Waals surface area contributed by atoms with Gasteiger partial charge >= 0.3 is 6.09 Å². The van der Waals surface area contributed by atoms with E-state index in [1.807, 2.05) is 34.6 Å². The number of aliphatic hydroxyl groups excluding tert-OH is 1. The predicted octanol–water partition coefficient (Wildman–Crippen LogP) is 1.56. The first-order valence-corrected chi connectivity index (χ1v) is 6.73. The molecule has 108 valence electrons. The third kappa shape index (κ3) is 6.81. The van der Waals surface area contributed by atoms with Crippen molar-refractivity contribution in [2.45, 2.75) is 40.2 Å². The summed E-state index contributed by atoms with van der Waals surface area (Å²) in [4.78, 5) is 15.6. The number of ether oxygens (including phenoxy) is 1. The van der Waals surface area contributed by atoms with Gasteiger partial charge in [0.1, 0.15) is 5.60 Å². The van der Waals surface area contributed by atoms with Crippen molar-refractivity contribution in [2.24, 2.45) is 0 Å². The highest BCUT2D eigenvalue weighted by atomic mass is 16.6. The van der Waals surface area contributed by atoms with Gasteiger partial charge in [-0.15, -0.1) is 0 Å². The molecule has 1 rings (SSSR count). The molecule has 0 spiro atoms. The van der Waals surface area contributed by atoms with E-state index in [0.717, 1.165) is 13.1 Å². The van der Waals surface area contributed by atoms with Gasteiger partial charge in [-0.05, 0) is 20.8 Å². The minimum absolute atomic E-state index is 0.173. The molecule has 0 aromatic heterocycles. The third-order valence-electron chi connectivity index (χ3n) is 2.44. The minimum atomic E-state index is -0.431. The van der Waals surface area contributed by atoms with Crippen molar-refractivity contribution in [3.8, 4) is 0 Å². The van der Waals surface area contributed by atoms with E-state index >= 15 is 0 Å². The molecular formula is C13H28N2O3. The number of aliphatic hydroxyl groups is 1. The van der Waals surface area contributed by atoms with E-state index in [1.165, 1.54) is 0 Å². The molecule has 0 radical (unpaired) electrons. The molecule has 5 heteroatoms. The van der Waals surface area contributed by atoms with Crippen molar-refractivity contribution in [3.63, 3.8) is 0 Å². The van der Waals surface area contributed by atoms with E-state index < -0.39 is 5.60 Å². The molecule has 0 saturated carbocycles. The van der Waals surface area contributed by atoms with Gasteiger partial charge < -0.3 is 14.7 Å². The van der Waals surface area contributed by atoms with Crippen LogP contribution in [-0.4, -0.2) is 65.9 Å². The van der Waals surface area contributed by atoms with Crippen LogP contribution in [0.25, 0.3) is 0 Å². The monoisotopic (exact) mass is 260 g/mol. The highest BCUT2D eigenvalue weighted by Gasteiger charge is 2.25. The number of carbonyl (C=O) groups excluding carboxylic acids is 1. The number of amides is 1. The van der Waals surface area contributed by atoms with Gasteiger partial charge in [-0.1, -0.05) is 13.8 Å². The molecule has 0 aromatic carbocycles. The summed E-state index contributed by atoms with van der Waals surface area (Å²) >= 11 is 0. The van der Waals surface area contributed by atoms with Crippen molar-refractivity contribution in [1.29, 1.82) is 0 Å². The Morgan fingerprint density at radius 2 is 1.67 bits per heavy atom. The van der Waals surface area contributed by atoms with Gasteiger partial charge in [0.25, 0.3) is 0 Å². The van der Waals surface area contributed by atoms with Crippen LogP contribution in [0.5, 0.6) is 0 Å². The molecule has 1 aliphatic rings. The fourth-order valence-electron chi connectivity index (χ4n) is 1.62. The fourth-order valence-corrected chi connectivity index (χ4v) is 1.62. The summed E-state index contributed by atoms with van der Waals surface area (Å²) in [6, 6.07) is 0. The van der Waals surface area contributed by atoms with E-state index in [0.29, 0.717) is 19.6 Å². The van der Waals surface area contributed by atoms with Crippen molar-refractivity contribution in [1.82, 2.24) is 9.80 Å². The second-order valence-corrected chi connectivity index (χ2v) is 5.03. The summed E-state index contributed by atoms with van der Waals surface area (Å²) in [6.45, 7) is 13.4. The Morgan fingerprint density at radius 1 is 1.17 bits per heavy atom. The number of rotatable bonds is 2. The first kappa shape index (κ1) is 17.2. The van der Waals surface area contributed by atoms with Crippen molar-refractivity contribution in [2.75, 3.05) is 39.3 Å². The zero-order valence-corrected chi connectivity index (χ0v) is 12.4. The average molecular weight is 260 g/mol. The molecule has 5 nitrogen and oxygen atoms in total. The lowest BCUT2D eigenvalue weighted by Crippen LogP contribution is -2.50. The predicted molar refractivity (Wildman–Crippen MR) is 72.7 cm³/mol. The van der Waals surface area contributed by atoms with Crippen LogP contribution in [0.4, 0.5) is 4.79 Å².